The lowest BCUT2D eigenvalue weighted by atomic mass is 9.94. The minimum Gasteiger partial charge on any atom is -0.383 e. The topological polar surface area (TPSA) is 58.3 Å². The monoisotopic (exact) mass is 383 g/mol. The average Bonchev–Trinajstić information content (AvgIpc) is 2.63. The molecule has 1 aromatic heterocycles. The summed E-state index contributed by atoms with van der Waals surface area (Å²) in [7, 11) is 0. The van der Waals surface area contributed by atoms with Gasteiger partial charge in [-0.05, 0) is 25.0 Å². The van der Waals surface area contributed by atoms with Crippen LogP contribution >= 0.6 is 24.8 Å². The Morgan fingerprint density at radius 3 is 2.28 bits per heavy atom. The van der Waals surface area contributed by atoms with E-state index in [0.717, 1.165) is 49.1 Å². The van der Waals surface area contributed by atoms with Gasteiger partial charge in [-0.1, -0.05) is 31.4 Å². The first-order valence-corrected chi connectivity index (χ1v) is 8.82. The normalized spacial score (nSPS) is 19.3. The number of rotatable bonds is 2. The lowest BCUT2D eigenvalue weighted by molar-refractivity contribution is 0.147. The summed E-state index contributed by atoms with van der Waals surface area (Å²) in [5.41, 5.74) is 7.05. The Labute approximate surface area is 161 Å². The molecule has 0 radical (unpaired) electrons. The van der Waals surface area contributed by atoms with E-state index in [1.807, 2.05) is 24.3 Å². The minimum absolute atomic E-state index is 0. The third kappa shape index (κ3) is 4.27. The summed E-state index contributed by atoms with van der Waals surface area (Å²) in [6, 6.07) is 8.77. The first-order valence-electron chi connectivity index (χ1n) is 8.82. The zero-order chi connectivity index (χ0) is 15.6. The molecule has 0 unspecified atom stereocenters. The van der Waals surface area contributed by atoms with Crippen LogP contribution in [0.2, 0.25) is 0 Å². The second-order valence-electron chi connectivity index (χ2n) is 6.74. The van der Waals surface area contributed by atoms with Gasteiger partial charge in [-0.2, -0.15) is 4.98 Å². The van der Waals surface area contributed by atoms with Crippen molar-refractivity contribution in [1.29, 1.82) is 0 Å². The van der Waals surface area contributed by atoms with E-state index in [4.69, 9.17) is 10.7 Å². The smallest absolute Gasteiger partial charge is 0.227 e. The van der Waals surface area contributed by atoms with Crippen molar-refractivity contribution >= 4 is 47.5 Å². The highest BCUT2D eigenvalue weighted by molar-refractivity contribution is 5.88. The summed E-state index contributed by atoms with van der Waals surface area (Å²) < 4.78 is 0. The molecule has 1 saturated carbocycles. The van der Waals surface area contributed by atoms with Crippen LogP contribution in [0.5, 0.6) is 0 Å². The Morgan fingerprint density at radius 1 is 0.880 bits per heavy atom. The number of hydrogen-bond donors (Lipinski definition) is 1. The van der Waals surface area contributed by atoms with E-state index in [1.165, 1.54) is 32.1 Å². The lowest BCUT2D eigenvalue weighted by Gasteiger charge is -2.40. The molecule has 4 rings (SSSR count). The van der Waals surface area contributed by atoms with E-state index >= 15 is 0 Å². The van der Waals surface area contributed by atoms with Crippen molar-refractivity contribution in [1.82, 2.24) is 14.9 Å². The molecule has 2 heterocycles. The third-order valence-electron chi connectivity index (χ3n) is 5.31. The summed E-state index contributed by atoms with van der Waals surface area (Å²) in [6.45, 7) is 4.21. The maximum atomic E-state index is 6.12. The number of anilines is 2. The molecule has 2 aromatic rings. The largest absolute Gasteiger partial charge is 0.383 e. The molecular formula is C18H27Cl2N5. The quantitative estimate of drug-likeness (QED) is 0.859. The Kier molecular flexibility index (Phi) is 7.11. The van der Waals surface area contributed by atoms with Crippen LogP contribution in [0.1, 0.15) is 32.1 Å². The molecule has 1 aliphatic heterocycles. The molecule has 2 N–H and O–H groups in total. The first-order chi connectivity index (χ1) is 11.3. The van der Waals surface area contributed by atoms with E-state index < -0.39 is 0 Å². The van der Waals surface area contributed by atoms with Gasteiger partial charge >= 0.3 is 0 Å². The molecule has 2 fully saturated rings. The number of nitrogen functional groups attached to an aromatic ring is 1. The maximum Gasteiger partial charge on any atom is 0.227 e. The van der Waals surface area contributed by atoms with Crippen molar-refractivity contribution in [2.75, 3.05) is 36.8 Å². The number of para-hydroxylation sites is 1. The molecule has 25 heavy (non-hydrogen) atoms. The Morgan fingerprint density at radius 2 is 1.56 bits per heavy atom. The van der Waals surface area contributed by atoms with Gasteiger partial charge in [0, 0.05) is 37.6 Å². The zero-order valence-electron chi connectivity index (χ0n) is 14.4. The molecule has 0 spiro atoms. The molecule has 1 aromatic carbocycles. The maximum absolute atomic E-state index is 6.12. The highest BCUT2D eigenvalue weighted by Gasteiger charge is 2.26. The van der Waals surface area contributed by atoms with Crippen molar-refractivity contribution in [3.8, 4) is 0 Å². The van der Waals surface area contributed by atoms with Crippen molar-refractivity contribution in [2.24, 2.45) is 0 Å². The minimum atomic E-state index is 0. The van der Waals surface area contributed by atoms with Gasteiger partial charge in [0.1, 0.15) is 5.82 Å². The molecule has 0 bridgehead atoms. The van der Waals surface area contributed by atoms with Gasteiger partial charge < -0.3 is 10.6 Å². The first kappa shape index (κ1) is 20.0. The molecule has 138 valence electrons. The fraction of sp³-hybridized carbons (Fsp3) is 0.556. The molecule has 1 saturated heterocycles. The Bertz CT molecular complexity index is 682. The molecule has 7 heteroatoms. The van der Waals surface area contributed by atoms with E-state index in [2.05, 4.69) is 14.8 Å². The lowest BCUT2D eigenvalue weighted by Crippen LogP contribution is -2.51. The summed E-state index contributed by atoms with van der Waals surface area (Å²) in [4.78, 5) is 14.2. The van der Waals surface area contributed by atoms with Crippen LogP contribution in [0.25, 0.3) is 10.9 Å². The van der Waals surface area contributed by atoms with Crippen LogP contribution in [0.3, 0.4) is 0 Å². The van der Waals surface area contributed by atoms with Crippen LogP contribution in [0, 0.1) is 0 Å². The van der Waals surface area contributed by atoms with Crippen molar-refractivity contribution < 1.29 is 0 Å². The van der Waals surface area contributed by atoms with Crippen LogP contribution in [0.4, 0.5) is 11.8 Å². The van der Waals surface area contributed by atoms with Gasteiger partial charge in [-0.25, -0.2) is 4.98 Å². The predicted octanol–water partition coefficient (Wildman–Crippen LogP) is 3.51. The SMILES string of the molecule is Cl.Cl.Nc1nc(N2CCN(C3CCCCC3)CC2)nc2ccccc12. The average molecular weight is 384 g/mol. The summed E-state index contributed by atoms with van der Waals surface area (Å²) in [5.74, 6) is 1.37. The zero-order valence-corrected chi connectivity index (χ0v) is 16.1. The summed E-state index contributed by atoms with van der Waals surface area (Å²) >= 11 is 0. The van der Waals surface area contributed by atoms with Crippen molar-refractivity contribution in [2.45, 2.75) is 38.1 Å². The molecule has 5 nitrogen and oxygen atoms in total. The fourth-order valence-electron chi connectivity index (χ4n) is 3.96. The number of halogens is 2. The molecule has 0 atom stereocenters. The summed E-state index contributed by atoms with van der Waals surface area (Å²) in [5, 5.41) is 0.942. The van der Waals surface area contributed by atoms with Crippen LogP contribution < -0.4 is 10.6 Å². The number of fused-ring (bicyclic) bond motifs is 1. The second-order valence-corrected chi connectivity index (χ2v) is 6.74. The van der Waals surface area contributed by atoms with E-state index in [0.29, 0.717) is 5.82 Å². The highest BCUT2D eigenvalue weighted by Crippen LogP contribution is 2.25. The molecule has 0 amide bonds. The van der Waals surface area contributed by atoms with Gasteiger partial charge in [0.2, 0.25) is 5.95 Å². The van der Waals surface area contributed by atoms with Crippen molar-refractivity contribution in [3.63, 3.8) is 0 Å². The van der Waals surface area contributed by atoms with Gasteiger partial charge in [-0.15, -0.1) is 24.8 Å². The predicted molar refractivity (Wildman–Crippen MR) is 109 cm³/mol. The van der Waals surface area contributed by atoms with E-state index in [-0.39, 0.29) is 24.8 Å². The summed E-state index contributed by atoms with van der Waals surface area (Å²) in [6.07, 6.45) is 6.96. The molecule has 1 aliphatic carbocycles. The van der Waals surface area contributed by atoms with Crippen LogP contribution in [-0.4, -0.2) is 47.1 Å². The van der Waals surface area contributed by atoms with Gasteiger partial charge in [0.25, 0.3) is 0 Å². The molecule has 2 aliphatic rings. The second kappa shape index (κ2) is 8.88. The van der Waals surface area contributed by atoms with Crippen molar-refractivity contribution in [3.05, 3.63) is 24.3 Å². The Hall–Kier alpha value is -1.30. The number of nitrogens with two attached hydrogens (primary N) is 1. The number of benzene rings is 1. The number of nitrogens with zero attached hydrogens (tertiary/aromatic N) is 4. The highest BCUT2D eigenvalue weighted by atomic mass is 35.5. The van der Waals surface area contributed by atoms with E-state index in [9.17, 15) is 0 Å². The van der Waals surface area contributed by atoms with Crippen LogP contribution in [-0.2, 0) is 0 Å². The van der Waals surface area contributed by atoms with Gasteiger partial charge in [0.05, 0.1) is 5.52 Å². The standard InChI is InChI=1S/C18H25N5.2ClH/c19-17-15-8-4-5-9-16(15)20-18(21-17)23-12-10-22(11-13-23)14-6-2-1-3-7-14;;/h4-5,8-9,14H,1-3,6-7,10-13H2,(H2,19,20,21);2*1H. The number of piperazine rings is 1. The molecular weight excluding hydrogens is 357 g/mol. The van der Waals surface area contributed by atoms with Gasteiger partial charge in [0.15, 0.2) is 0 Å². The fourth-order valence-corrected chi connectivity index (χ4v) is 3.96. The van der Waals surface area contributed by atoms with Crippen LogP contribution in [0.15, 0.2) is 24.3 Å². The Balaban J connectivity index is 0.00000113. The number of aromatic nitrogens is 2. The van der Waals surface area contributed by atoms with Gasteiger partial charge in [-0.3, -0.25) is 4.90 Å². The number of hydrogen-bond acceptors (Lipinski definition) is 5. The third-order valence-corrected chi connectivity index (χ3v) is 5.31. The van der Waals surface area contributed by atoms with E-state index in [1.54, 1.807) is 0 Å².